The van der Waals surface area contributed by atoms with Crippen molar-refractivity contribution < 1.29 is 18.4 Å². The van der Waals surface area contributed by atoms with E-state index in [2.05, 4.69) is 46.8 Å². The molecule has 0 saturated heterocycles. The van der Waals surface area contributed by atoms with Gasteiger partial charge in [0.25, 0.3) is 5.89 Å². The van der Waals surface area contributed by atoms with E-state index in [-0.39, 0.29) is 22.9 Å². The number of ether oxygens (including phenoxy) is 1. The lowest BCUT2D eigenvalue weighted by molar-refractivity contribution is -0.123. The van der Waals surface area contributed by atoms with Gasteiger partial charge in [0, 0.05) is 33.3 Å². The maximum Gasteiger partial charge on any atom is 0.250 e. The molecule has 5 N–H and O–H groups in total. The highest BCUT2D eigenvalue weighted by Gasteiger charge is 2.61. The summed E-state index contributed by atoms with van der Waals surface area (Å²) < 4.78 is 20.3. The summed E-state index contributed by atoms with van der Waals surface area (Å²) in [5.74, 6) is 1.60. The fourth-order valence-electron chi connectivity index (χ4n) is 8.03. The fourth-order valence-corrected chi connectivity index (χ4v) is 8.53. The van der Waals surface area contributed by atoms with Gasteiger partial charge in [-0.3, -0.25) is 4.79 Å². The van der Waals surface area contributed by atoms with Crippen molar-refractivity contribution in [2.45, 2.75) is 50.4 Å². The molecule has 4 aliphatic rings. The Kier molecular flexibility index (Phi) is 5.68. The van der Waals surface area contributed by atoms with Crippen molar-refractivity contribution in [3.63, 3.8) is 0 Å². The molecule has 48 heavy (non-hydrogen) atoms. The first-order valence-electron chi connectivity index (χ1n) is 16.0. The highest BCUT2D eigenvalue weighted by molar-refractivity contribution is 6.37. The number of amides is 1. The number of H-pyrrole nitrogens is 1. The van der Waals surface area contributed by atoms with Crippen molar-refractivity contribution >= 4 is 45.7 Å². The highest BCUT2D eigenvalue weighted by atomic mass is 35.5. The van der Waals surface area contributed by atoms with Gasteiger partial charge in [-0.1, -0.05) is 85.9 Å². The van der Waals surface area contributed by atoms with Crippen molar-refractivity contribution in [2.24, 2.45) is 11.7 Å². The summed E-state index contributed by atoms with van der Waals surface area (Å²) in [4.78, 5) is 26.7. The van der Waals surface area contributed by atoms with Gasteiger partial charge in [0.2, 0.25) is 11.8 Å². The number of nitrogens with one attached hydrogen (secondary N) is 3. The Morgan fingerprint density at radius 1 is 1.04 bits per heavy atom. The summed E-state index contributed by atoms with van der Waals surface area (Å²) in [6.07, 6.45) is 0.464. The molecule has 1 spiro atoms. The number of para-hydroxylation sites is 1. The van der Waals surface area contributed by atoms with Crippen molar-refractivity contribution in [1.29, 1.82) is 0 Å². The molecular weight excluding hydrogens is 651 g/mol. The van der Waals surface area contributed by atoms with Crippen LogP contribution in [0.1, 0.15) is 54.7 Å². The van der Waals surface area contributed by atoms with Crippen LogP contribution >= 0.6 is 23.2 Å². The van der Waals surface area contributed by atoms with E-state index >= 15 is 0 Å². The van der Waals surface area contributed by atoms with Crippen LogP contribution in [0.3, 0.4) is 0 Å². The Labute approximate surface area is 284 Å². The highest BCUT2D eigenvalue weighted by Crippen LogP contribution is 2.62. The minimum atomic E-state index is -1.03. The third kappa shape index (κ3) is 3.49. The van der Waals surface area contributed by atoms with Gasteiger partial charge in [0.05, 0.1) is 11.6 Å². The fraction of sp³-hybridized carbons (Fsp3) is 0.250. The first kappa shape index (κ1) is 28.3. The maximum absolute atomic E-state index is 13.5. The normalized spacial score (nSPS) is 23.4. The van der Waals surface area contributed by atoms with E-state index in [1.54, 1.807) is 0 Å². The second-order valence-corrected chi connectivity index (χ2v) is 13.8. The first-order chi connectivity index (χ1) is 23.3. The predicted octanol–water partition coefficient (Wildman–Crippen LogP) is 7.33. The molecule has 5 atom stereocenters. The number of benzene rings is 3. The monoisotopic (exact) mass is 678 g/mol. The summed E-state index contributed by atoms with van der Waals surface area (Å²) in [7, 11) is 0. The molecule has 0 unspecified atom stereocenters. The molecule has 10 rings (SSSR count). The molecule has 1 amide bonds. The molecule has 7 heterocycles. The quantitative estimate of drug-likeness (QED) is 0.149. The zero-order valence-corrected chi connectivity index (χ0v) is 27.3. The molecule has 10 nitrogen and oxygen atoms in total. The number of carbonyl (C=O) groups is 1. The zero-order valence-electron chi connectivity index (χ0n) is 25.8. The van der Waals surface area contributed by atoms with Crippen LogP contribution in [0.25, 0.3) is 44.9 Å². The second-order valence-electron chi connectivity index (χ2n) is 13.1. The third-order valence-corrected chi connectivity index (χ3v) is 11.1. The zero-order chi connectivity index (χ0) is 32.6. The molecule has 6 aromatic rings. The molecule has 0 fully saturated rings. The summed E-state index contributed by atoms with van der Waals surface area (Å²) in [6.45, 7) is 4.10. The number of nitrogens with zero attached hydrogens (tertiary/aromatic N) is 2. The lowest BCUT2D eigenvalue weighted by atomic mass is 9.72. The number of carbonyl (C=O) groups excluding carboxylic acids is 1. The van der Waals surface area contributed by atoms with Crippen molar-refractivity contribution in [3.05, 3.63) is 93.2 Å². The third-order valence-electron chi connectivity index (χ3n) is 10.5. The van der Waals surface area contributed by atoms with E-state index in [1.807, 2.05) is 37.3 Å². The molecular formula is C36H28Cl2N6O4. The number of nitrogens with two attached hydrogens (primary N) is 1. The molecule has 0 saturated carbocycles. The molecule has 3 aromatic heterocycles. The van der Waals surface area contributed by atoms with Crippen LogP contribution in [-0.2, 0) is 16.6 Å². The van der Waals surface area contributed by atoms with E-state index in [4.69, 9.17) is 52.5 Å². The number of aromatic amines is 1. The molecule has 12 heteroatoms. The summed E-state index contributed by atoms with van der Waals surface area (Å²) in [6, 6.07) is 16.8. The van der Waals surface area contributed by atoms with Crippen LogP contribution < -0.4 is 21.1 Å². The molecule has 240 valence electrons. The van der Waals surface area contributed by atoms with Crippen LogP contribution in [-0.4, -0.2) is 33.1 Å². The van der Waals surface area contributed by atoms with Crippen LogP contribution in [0, 0.1) is 5.92 Å². The SMILES string of the molecule is CC[C@H](C)[C@@H]1NC(=O)[C@@H](N)Cc2ccc3c(c2)[C@]24c5cccc(c5N[C@H]2O3)-c2cccc3[nH]c(Cl)c(c23)-c2oc(nc2Cl)-c2nc1oc24. The van der Waals surface area contributed by atoms with Crippen LogP contribution in [0.4, 0.5) is 5.69 Å². The van der Waals surface area contributed by atoms with Gasteiger partial charge in [0.1, 0.15) is 22.4 Å². The van der Waals surface area contributed by atoms with Gasteiger partial charge in [-0.05, 0) is 35.6 Å². The summed E-state index contributed by atoms with van der Waals surface area (Å²) in [5.41, 5.74) is 12.7. The van der Waals surface area contributed by atoms with Gasteiger partial charge < -0.3 is 34.9 Å². The number of aromatic nitrogens is 3. The minimum Gasteiger partial charge on any atom is -0.469 e. The number of hydrogen-bond donors (Lipinski definition) is 4. The predicted molar refractivity (Wildman–Crippen MR) is 181 cm³/mol. The largest absolute Gasteiger partial charge is 0.469 e. The number of anilines is 1. The van der Waals surface area contributed by atoms with Gasteiger partial charge in [-0.2, -0.15) is 4.98 Å². The molecule has 0 radical (unpaired) electrons. The average molecular weight is 680 g/mol. The minimum absolute atomic E-state index is 0.0437. The summed E-state index contributed by atoms with van der Waals surface area (Å²) in [5, 5.41) is 8.25. The standard InChI is InChI=1S/C36H28Cl2N6O4/c1-3-14(2)25-33-42-27-29(48-33)36-18-8-4-7-17(16-6-5-9-21-23(16)24(30(37)40-21)28-31(38)44-34(27)47-28)26(18)43-35(36)46-22-11-10-15(12-19(22)36)13-20(39)32(45)41-25/h4-12,14,20,25,35,40,43H,3,13,39H2,1-2H3,(H,41,45)/t14-,20-,25-,35-,36-/m0/s1. The first-order valence-corrected chi connectivity index (χ1v) is 16.8. The second kappa shape index (κ2) is 9.65. The maximum atomic E-state index is 13.5. The Hall–Kier alpha value is -4.77. The molecule has 0 aliphatic carbocycles. The van der Waals surface area contributed by atoms with E-state index in [9.17, 15) is 4.79 Å². The number of halogens is 2. The van der Waals surface area contributed by atoms with Crippen molar-refractivity contribution in [2.75, 3.05) is 5.32 Å². The van der Waals surface area contributed by atoms with Crippen LogP contribution in [0.15, 0.2) is 63.4 Å². The van der Waals surface area contributed by atoms with Gasteiger partial charge in [0.15, 0.2) is 28.6 Å². The van der Waals surface area contributed by atoms with Gasteiger partial charge >= 0.3 is 0 Å². The van der Waals surface area contributed by atoms with E-state index in [0.717, 1.165) is 50.8 Å². The average Bonchev–Trinajstić information content (AvgIpc) is 3.88. The van der Waals surface area contributed by atoms with Crippen LogP contribution in [0.2, 0.25) is 10.3 Å². The van der Waals surface area contributed by atoms with Crippen molar-refractivity contribution in [1.82, 2.24) is 20.3 Å². The Morgan fingerprint density at radius 3 is 2.73 bits per heavy atom. The molecule has 10 bridgehead atoms. The van der Waals surface area contributed by atoms with E-state index < -0.39 is 23.7 Å². The number of fused-ring (bicyclic) bond motifs is 7. The smallest absolute Gasteiger partial charge is 0.250 e. The Balaban J connectivity index is 1.40. The molecule has 3 aromatic carbocycles. The van der Waals surface area contributed by atoms with Crippen molar-refractivity contribution in [3.8, 4) is 39.8 Å². The number of hydrogen-bond acceptors (Lipinski definition) is 8. The molecule has 4 aliphatic heterocycles. The van der Waals surface area contributed by atoms with Gasteiger partial charge in [-0.25, -0.2) is 4.98 Å². The number of oxazole rings is 2. The lowest BCUT2D eigenvalue weighted by Gasteiger charge is -2.28. The summed E-state index contributed by atoms with van der Waals surface area (Å²) >= 11 is 13.8. The topological polar surface area (TPSA) is 144 Å². The lowest BCUT2D eigenvalue weighted by Crippen LogP contribution is -2.45. The van der Waals surface area contributed by atoms with Crippen LogP contribution in [0.5, 0.6) is 5.75 Å². The Morgan fingerprint density at radius 2 is 1.88 bits per heavy atom. The van der Waals surface area contributed by atoms with Gasteiger partial charge in [-0.15, -0.1) is 0 Å². The Bertz CT molecular complexity index is 2380. The van der Waals surface area contributed by atoms with E-state index in [0.29, 0.717) is 46.0 Å². The number of rotatable bonds is 2. The van der Waals surface area contributed by atoms with E-state index in [1.165, 1.54) is 0 Å².